The fourth-order valence-electron chi connectivity index (χ4n) is 1.19. The van der Waals surface area contributed by atoms with E-state index in [-0.39, 0.29) is 5.75 Å². The monoisotopic (exact) mass is 257 g/mol. The number of nitrogens with two attached hydrogens (primary N) is 1. The molecule has 0 saturated heterocycles. The lowest BCUT2D eigenvalue weighted by molar-refractivity contribution is -0.137. The highest BCUT2D eigenvalue weighted by molar-refractivity contribution is 8.00. The van der Waals surface area contributed by atoms with E-state index in [4.69, 9.17) is 5.73 Å². The first-order valence-electron chi connectivity index (χ1n) is 4.77. The Balaban J connectivity index is 2.75. The van der Waals surface area contributed by atoms with Gasteiger partial charge in [0.1, 0.15) is 11.1 Å². The van der Waals surface area contributed by atoms with Crippen LogP contribution in [0.15, 0.2) is 24.3 Å². The Morgan fingerprint density at radius 1 is 1.41 bits per heavy atom. The highest BCUT2D eigenvalue weighted by Crippen LogP contribution is 2.28. The van der Waals surface area contributed by atoms with Crippen LogP contribution in [0.5, 0.6) is 0 Å². The number of ether oxygens (including phenoxy) is 1. The summed E-state index contributed by atoms with van der Waals surface area (Å²) in [5, 5.41) is -0.685. The molecule has 0 aliphatic rings. The molecule has 0 aliphatic carbocycles. The first kappa shape index (κ1) is 13.5. The topological polar surface area (TPSA) is 69.4 Å². The van der Waals surface area contributed by atoms with Crippen LogP contribution in [-0.2, 0) is 14.3 Å². The third-order valence-electron chi connectivity index (χ3n) is 2.03. The fraction of sp³-hybridized carbons (Fsp3) is 0.273. The molecule has 0 aromatic heterocycles. The highest BCUT2D eigenvalue weighted by atomic mass is 32.2. The van der Waals surface area contributed by atoms with Gasteiger partial charge in [0.25, 0.3) is 0 Å². The lowest BCUT2D eigenvalue weighted by Crippen LogP contribution is -2.20. The average molecular weight is 257 g/mol. The zero-order valence-corrected chi connectivity index (χ0v) is 10.00. The number of carbonyl (C=O) groups is 2. The average Bonchev–Trinajstić information content (AvgIpc) is 2.31. The van der Waals surface area contributed by atoms with Crippen molar-refractivity contribution >= 4 is 23.6 Å². The zero-order valence-electron chi connectivity index (χ0n) is 9.18. The number of benzene rings is 1. The molecule has 0 bridgehead atoms. The van der Waals surface area contributed by atoms with Gasteiger partial charge in [0.05, 0.1) is 12.9 Å². The van der Waals surface area contributed by atoms with Crippen LogP contribution < -0.4 is 5.73 Å². The van der Waals surface area contributed by atoms with Crippen LogP contribution in [0.1, 0.15) is 10.8 Å². The number of hydrogen-bond acceptors (Lipinski definition) is 4. The molecular formula is C11H12FNO3S. The lowest BCUT2D eigenvalue weighted by atomic mass is 10.1. The van der Waals surface area contributed by atoms with Gasteiger partial charge in [0, 0.05) is 0 Å². The van der Waals surface area contributed by atoms with Crippen LogP contribution >= 0.6 is 11.8 Å². The molecule has 1 amide bonds. The summed E-state index contributed by atoms with van der Waals surface area (Å²) < 4.78 is 17.2. The minimum absolute atomic E-state index is 0.0154. The number of rotatable bonds is 5. The van der Waals surface area contributed by atoms with Gasteiger partial charge < -0.3 is 10.5 Å². The molecule has 1 rings (SSSR count). The van der Waals surface area contributed by atoms with Crippen molar-refractivity contribution in [3.8, 4) is 0 Å². The van der Waals surface area contributed by atoms with Gasteiger partial charge in [-0.25, -0.2) is 4.39 Å². The van der Waals surface area contributed by atoms with Crippen LogP contribution in [0.4, 0.5) is 4.39 Å². The first-order chi connectivity index (χ1) is 8.04. The van der Waals surface area contributed by atoms with E-state index in [1.54, 1.807) is 0 Å². The van der Waals surface area contributed by atoms with Gasteiger partial charge in [0.15, 0.2) is 0 Å². The molecular weight excluding hydrogens is 245 g/mol. The van der Waals surface area contributed by atoms with Crippen LogP contribution in [0, 0.1) is 5.82 Å². The Hall–Kier alpha value is -1.56. The van der Waals surface area contributed by atoms with E-state index in [9.17, 15) is 14.0 Å². The summed E-state index contributed by atoms with van der Waals surface area (Å²) in [5.74, 6) is -1.40. The van der Waals surface area contributed by atoms with Crippen molar-refractivity contribution in [2.24, 2.45) is 5.73 Å². The summed E-state index contributed by atoms with van der Waals surface area (Å²) in [5.41, 5.74) is 5.79. The number of halogens is 1. The molecule has 1 aromatic rings. The van der Waals surface area contributed by atoms with Crippen molar-refractivity contribution in [3.05, 3.63) is 35.6 Å². The summed E-state index contributed by atoms with van der Waals surface area (Å²) in [4.78, 5) is 22.2. The number of esters is 1. The van der Waals surface area contributed by atoms with Gasteiger partial charge in [-0.05, 0) is 17.7 Å². The highest BCUT2D eigenvalue weighted by Gasteiger charge is 2.19. The normalized spacial score (nSPS) is 11.9. The second-order valence-corrected chi connectivity index (χ2v) is 4.31. The van der Waals surface area contributed by atoms with Gasteiger partial charge in [-0.2, -0.15) is 0 Å². The van der Waals surface area contributed by atoms with Gasteiger partial charge in [-0.1, -0.05) is 12.1 Å². The maximum Gasteiger partial charge on any atom is 0.315 e. The van der Waals surface area contributed by atoms with Crippen molar-refractivity contribution in [3.63, 3.8) is 0 Å². The molecule has 17 heavy (non-hydrogen) atoms. The third-order valence-corrected chi connectivity index (χ3v) is 3.27. The lowest BCUT2D eigenvalue weighted by Gasteiger charge is -2.12. The van der Waals surface area contributed by atoms with E-state index in [1.807, 2.05) is 0 Å². The second kappa shape index (κ2) is 6.24. The SMILES string of the molecule is COC(=O)CSC(C(N)=O)c1ccc(F)cc1. The molecule has 0 fully saturated rings. The van der Waals surface area contributed by atoms with E-state index in [1.165, 1.54) is 31.4 Å². The third kappa shape index (κ3) is 4.07. The molecule has 4 nitrogen and oxygen atoms in total. The number of methoxy groups -OCH3 is 1. The van der Waals surface area contributed by atoms with Gasteiger partial charge in [0.2, 0.25) is 5.91 Å². The predicted molar refractivity (Wildman–Crippen MR) is 62.8 cm³/mol. The standard InChI is InChI=1S/C11H12FNO3S/c1-16-9(14)6-17-10(11(13)15)7-2-4-8(12)5-3-7/h2-5,10H,6H2,1H3,(H2,13,15). The van der Waals surface area contributed by atoms with E-state index in [2.05, 4.69) is 4.74 Å². The summed E-state index contributed by atoms with van der Waals surface area (Å²) in [6.45, 7) is 0. The van der Waals surface area contributed by atoms with E-state index < -0.39 is 22.9 Å². The Kier molecular flexibility index (Phi) is 4.96. The van der Waals surface area contributed by atoms with Crippen LogP contribution in [0.2, 0.25) is 0 Å². The molecule has 1 atom stereocenters. The Morgan fingerprint density at radius 3 is 2.47 bits per heavy atom. The van der Waals surface area contributed by atoms with Crippen molar-refractivity contribution in [2.45, 2.75) is 5.25 Å². The maximum atomic E-state index is 12.7. The molecule has 2 N–H and O–H groups in total. The van der Waals surface area contributed by atoms with Crippen molar-refractivity contribution < 1.29 is 18.7 Å². The largest absolute Gasteiger partial charge is 0.468 e. The first-order valence-corrected chi connectivity index (χ1v) is 5.82. The Morgan fingerprint density at radius 2 is 2.00 bits per heavy atom. The molecule has 0 saturated carbocycles. The number of primary amides is 1. The van der Waals surface area contributed by atoms with Gasteiger partial charge in [-0.3, -0.25) is 9.59 Å². The molecule has 0 radical (unpaired) electrons. The van der Waals surface area contributed by atoms with Gasteiger partial charge in [-0.15, -0.1) is 11.8 Å². The van der Waals surface area contributed by atoms with E-state index >= 15 is 0 Å². The quantitative estimate of drug-likeness (QED) is 0.806. The van der Waals surface area contributed by atoms with Crippen LogP contribution in [0.3, 0.4) is 0 Å². The van der Waals surface area contributed by atoms with Crippen LogP contribution in [-0.4, -0.2) is 24.7 Å². The van der Waals surface area contributed by atoms with Crippen molar-refractivity contribution in [2.75, 3.05) is 12.9 Å². The van der Waals surface area contributed by atoms with E-state index in [0.717, 1.165) is 11.8 Å². The molecule has 1 unspecified atom stereocenters. The zero-order chi connectivity index (χ0) is 12.8. The minimum atomic E-state index is -0.685. The molecule has 0 heterocycles. The summed E-state index contributed by atoms with van der Waals surface area (Å²) >= 11 is 1.05. The number of carbonyl (C=O) groups excluding carboxylic acids is 2. The number of amides is 1. The number of hydrogen-bond donors (Lipinski definition) is 1. The summed E-state index contributed by atoms with van der Waals surface area (Å²) in [6, 6.07) is 5.41. The summed E-state index contributed by atoms with van der Waals surface area (Å²) in [6.07, 6.45) is 0. The van der Waals surface area contributed by atoms with Crippen molar-refractivity contribution in [1.82, 2.24) is 0 Å². The molecule has 1 aromatic carbocycles. The molecule has 0 aliphatic heterocycles. The smallest absolute Gasteiger partial charge is 0.315 e. The Labute approximate surface area is 102 Å². The fourth-order valence-corrected chi connectivity index (χ4v) is 2.12. The predicted octanol–water partition coefficient (Wildman–Crippen LogP) is 1.26. The van der Waals surface area contributed by atoms with Gasteiger partial charge >= 0.3 is 5.97 Å². The molecule has 0 spiro atoms. The second-order valence-electron chi connectivity index (χ2n) is 3.22. The molecule has 92 valence electrons. The van der Waals surface area contributed by atoms with E-state index in [0.29, 0.717) is 5.56 Å². The molecule has 6 heteroatoms. The maximum absolute atomic E-state index is 12.7. The Bertz CT molecular complexity index is 408. The number of thioether (sulfide) groups is 1. The van der Waals surface area contributed by atoms with Crippen molar-refractivity contribution in [1.29, 1.82) is 0 Å². The summed E-state index contributed by atoms with van der Waals surface area (Å²) in [7, 11) is 1.26. The van der Waals surface area contributed by atoms with Crippen LogP contribution in [0.25, 0.3) is 0 Å². The minimum Gasteiger partial charge on any atom is -0.468 e.